The molecule has 0 aliphatic carbocycles. The Kier molecular flexibility index (Phi) is 6.63. The number of aryl methyl sites for hydroxylation is 1. The third-order valence-electron chi connectivity index (χ3n) is 3.88. The number of carboxylic acid groups (broad SMARTS) is 1. The molecule has 0 fully saturated rings. The molecule has 0 radical (unpaired) electrons. The van der Waals surface area contributed by atoms with Crippen molar-refractivity contribution in [2.75, 3.05) is 13.2 Å². The Morgan fingerprint density at radius 3 is 2.81 bits per heavy atom. The Hall–Kier alpha value is -2.80. The summed E-state index contributed by atoms with van der Waals surface area (Å²) in [4.78, 5) is 20.1. The third-order valence-corrected chi connectivity index (χ3v) is 3.88. The summed E-state index contributed by atoms with van der Waals surface area (Å²) in [6, 6.07) is 5.88. The molecule has 2 rings (SSSR count). The molecule has 27 heavy (non-hydrogen) atoms. The Morgan fingerprint density at radius 2 is 2.15 bits per heavy atom. The van der Waals surface area contributed by atoms with Crippen molar-refractivity contribution in [1.82, 2.24) is 15.3 Å². The molecular weight excluding hydrogens is 344 g/mol. The number of rotatable bonds is 8. The molecular formula is C20H26N4O3. The van der Waals surface area contributed by atoms with E-state index in [4.69, 9.17) is 10.1 Å². The Bertz CT molecular complexity index is 869. The van der Waals surface area contributed by atoms with Crippen LogP contribution < -0.4 is 5.32 Å². The van der Waals surface area contributed by atoms with E-state index in [9.17, 15) is 9.90 Å². The summed E-state index contributed by atoms with van der Waals surface area (Å²) in [5, 5.41) is 21.2. The van der Waals surface area contributed by atoms with Crippen molar-refractivity contribution >= 4 is 22.7 Å². The molecule has 0 saturated heterocycles. The quantitative estimate of drug-likeness (QED) is 0.375. The van der Waals surface area contributed by atoms with E-state index < -0.39 is 11.6 Å². The van der Waals surface area contributed by atoms with Crippen LogP contribution in [0, 0.1) is 12.3 Å². The van der Waals surface area contributed by atoms with Gasteiger partial charge in [-0.05, 0) is 57.9 Å². The minimum atomic E-state index is -1.15. The maximum absolute atomic E-state index is 11.4. The lowest BCUT2D eigenvalue weighted by atomic mass is 10.1. The minimum Gasteiger partial charge on any atom is -0.478 e. The molecule has 0 spiro atoms. The number of carbonyl (C=O) groups is 1. The molecule has 2 aromatic rings. The van der Waals surface area contributed by atoms with Crippen LogP contribution in [0.5, 0.6) is 0 Å². The first-order chi connectivity index (χ1) is 12.7. The molecule has 0 unspecified atom stereocenters. The molecule has 7 heteroatoms. The number of hydrogen-bond acceptors (Lipinski definition) is 6. The van der Waals surface area contributed by atoms with Gasteiger partial charge in [-0.3, -0.25) is 0 Å². The number of aliphatic carboxylic acids is 1. The number of pyridine rings is 2. The van der Waals surface area contributed by atoms with Crippen LogP contribution >= 0.6 is 0 Å². The van der Waals surface area contributed by atoms with Gasteiger partial charge in [-0.25, -0.2) is 14.8 Å². The first-order valence-electron chi connectivity index (χ1n) is 8.77. The second-order valence-corrected chi connectivity index (χ2v) is 7.23. The predicted molar refractivity (Wildman–Crippen MR) is 105 cm³/mol. The van der Waals surface area contributed by atoms with Gasteiger partial charge in [0.2, 0.25) is 0 Å². The number of fused-ring (bicyclic) bond motifs is 1. The number of ether oxygens (including phenoxy) is 1. The van der Waals surface area contributed by atoms with E-state index in [0.29, 0.717) is 18.6 Å². The number of nitrogens with one attached hydrogen (secondary N) is 2. The first-order valence-corrected chi connectivity index (χ1v) is 8.77. The summed E-state index contributed by atoms with van der Waals surface area (Å²) < 4.78 is 5.48. The average molecular weight is 370 g/mol. The normalized spacial score (nSPS) is 12.2. The monoisotopic (exact) mass is 370 g/mol. The van der Waals surface area contributed by atoms with Crippen LogP contribution in [0.1, 0.15) is 32.0 Å². The van der Waals surface area contributed by atoms with E-state index in [1.54, 1.807) is 6.20 Å². The summed E-state index contributed by atoms with van der Waals surface area (Å²) in [5.74, 6) is -1.15. The number of aromatic nitrogens is 2. The number of hydrogen-bond donors (Lipinski definition) is 3. The van der Waals surface area contributed by atoms with Gasteiger partial charge in [0.25, 0.3) is 0 Å². The van der Waals surface area contributed by atoms with Gasteiger partial charge in [-0.2, -0.15) is 0 Å². The zero-order chi connectivity index (χ0) is 20.0. The van der Waals surface area contributed by atoms with E-state index in [0.717, 1.165) is 16.6 Å². The SMILES string of the molecule is Cc1nc2ncccc2cc1CCN/C=C(\C(=N)COC(C)(C)C)C(=O)O. The molecule has 7 nitrogen and oxygen atoms in total. The van der Waals surface area contributed by atoms with Crippen molar-refractivity contribution < 1.29 is 14.6 Å². The van der Waals surface area contributed by atoms with E-state index in [1.165, 1.54) is 6.20 Å². The van der Waals surface area contributed by atoms with E-state index in [2.05, 4.69) is 15.3 Å². The van der Waals surface area contributed by atoms with E-state index >= 15 is 0 Å². The van der Waals surface area contributed by atoms with E-state index in [-0.39, 0.29) is 17.9 Å². The van der Waals surface area contributed by atoms with Gasteiger partial charge in [0.1, 0.15) is 0 Å². The van der Waals surface area contributed by atoms with Gasteiger partial charge in [0, 0.05) is 30.0 Å². The van der Waals surface area contributed by atoms with Gasteiger partial charge in [0.15, 0.2) is 5.65 Å². The van der Waals surface area contributed by atoms with Crippen LogP contribution in [-0.4, -0.2) is 45.5 Å². The lowest BCUT2D eigenvalue weighted by Gasteiger charge is -2.19. The molecule has 0 saturated carbocycles. The van der Waals surface area contributed by atoms with Gasteiger partial charge >= 0.3 is 5.97 Å². The smallest absolute Gasteiger partial charge is 0.339 e. The van der Waals surface area contributed by atoms with Crippen LogP contribution in [0.3, 0.4) is 0 Å². The molecule has 0 amide bonds. The Labute approximate surface area is 159 Å². The molecule has 0 bridgehead atoms. The van der Waals surface area contributed by atoms with E-state index in [1.807, 2.05) is 45.9 Å². The molecule has 0 aliphatic rings. The minimum absolute atomic E-state index is 0.0516. The third kappa shape index (κ3) is 6.14. The summed E-state index contributed by atoms with van der Waals surface area (Å²) in [5.41, 5.74) is 2.08. The van der Waals surface area contributed by atoms with Crippen molar-refractivity contribution in [3.05, 3.63) is 47.4 Å². The van der Waals surface area contributed by atoms with Gasteiger partial charge in [-0.15, -0.1) is 0 Å². The molecule has 0 aromatic carbocycles. The van der Waals surface area contributed by atoms with Crippen molar-refractivity contribution in [2.24, 2.45) is 0 Å². The molecule has 0 atom stereocenters. The molecule has 2 aromatic heterocycles. The summed E-state index contributed by atoms with van der Waals surface area (Å²) in [6.45, 7) is 7.98. The van der Waals surface area contributed by atoms with Gasteiger partial charge < -0.3 is 20.6 Å². The Morgan fingerprint density at radius 1 is 1.41 bits per heavy atom. The highest BCUT2D eigenvalue weighted by molar-refractivity contribution is 6.18. The highest BCUT2D eigenvalue weighted by Gasteiger charge is 2.17. The zero-order valence-electron chi connectivity index (χ0n) is 16.2. The highest BCUT2D eigenvalue weighted by atomic mass is 16.5. The fourth-order valence-electron chi connectivity index (χ4n) is 2.42. The predicted octanol–water partition coefficient (Wildman–Crippen LogP) is 2.87. The van der Waals surface area contributed by atoms with Crippen LogP contribution in [0.15, 0.2) is 36.2 Å². The second-order valence-electron chi connectivity index (χ2n) is 7.23. The van der Waals surface area contributed by atoms with Crippen molar-refractivity contribution in [1.29, 1.82) is 5.41 Å². The molecule has 0 aliphatic heterocycles. The first kappa shape index (κ1) is 20.5. The van der Waals surface area contributed by atoms with Crippen LogP contribution in [-0.2, 0) is 16.0 Å². The summed E-state index contributed by atoms with van der Waals surface area (Å²) >= 11 is 0. The lowest BCUT2D eigenvalue weighted by Crippen LogP contribution is -2.27. The van der Waals surface area contributed by atoms with Crippen molar-refractivity contribution in [3.8, 4) is 0 Å². The zero-order valence-corrected chi connectivity index (χ0v) is 16.2. The van der Waals surface area contributed by atoms with Crippen LogP contribution in [0.4, 0.5) is 0 Å². The van der Waals surface area contributed by atoms with Crippen molar-refractivity contribution in [2.45, 2.75) is 39.7 Å². The Balaban J connectivity index is 1.99. The van der Waals surface area contributed by atoms with Crippen LogP contribution in [0.2, 0.25) is 0 Å². The maximum atomic E-state index is 11.4. The fourth-order valence-corrected chi connectivity index (χ4v) is 2.42. The summed E-state index contributed by atoms with van der Waals surface area (Å²) in [6.07, 6.45) is 3.76. The van der Waals surface area contributed by atoms with Gasteiger partial charge in [-0.1, -0.05) is 0 Å². The van der Waals surface area contributed by atoms with Crippen LogP contribution in [0.25, 0.3) is 11.0 Å². The number of nitrogens with zero attached hydrogens (tertiary/aromatic N) is 2. The maximum Gasteiger partial charge on any atom is 0.339 e. The fraction of sp³-hybridized carbons (Fsp3) is 0.400. The highest BCUT2D eigenvalue weighted by Crippen LogP contribution is 2.14. The van der Waals surface area contributed by atoms with Crippen molar-refractivity contribution in [3.63, 3.8) is 0 Å². The standard InChI is InChI=1S/C20H26N4O3/c1-13-14(10-15-6-5-8-23-18(15)24-13)7-9-22-11-16(19(25)26)17(21)12-27-20(2,3)4/h5-6,8,10-11,21-22H,7,9,12H2,1-4H3,(H,25,26)/b16-11+,21-17?. The number of carboxylic acids is 1. The second kappa shape index (κ2) is 8.73. The topological polar surface area (TPSA) is 108 Å². The molecule has 3 N–H and O–H groups in total. The largest absolute Gasteiger partial charge is 0.478 e. The molecule has 2 heterocycles. The summed E-state index contributed by atoms with van der Waals surface area (Å²) in [7, 11) is 0. The average Bonchev–Trinajstić information content (AvgIpc) is 2.59. The lowest BCUT2D eigenvalue weighted by molar-refractivity contribution is -0.132. The van der Waals surface area contributed by atoms with Gasteiger partial charge in [0.05, 0.1) is 23.5 Å². The molecule has 144 valence electrons.